The largest absolute Gasteiger partial charge is 0.463 e. The smallest absolute Gasteiger partial charge is 0.335 e. The van der Waals surface area contributed by atoms with Gasteiger partial charge in [-0.25, -0.2) is 4.79 Å². The van der Waals surface area contributed by atoms with Gasteiger partial charge in [0.05, 0.1) is 12.2 Å². The predicted molar refractivity (Wildman–Crippen MR) is 80.3 cm³/mol. The van der Waals surface area contributed by atoms with Gasteiger partial charge in [-0.3, -0.25) is 0 Å². The van der Waals surface area contributed by atoms with Crippen LogP contribution in [0.15, 0.2) is 42.0 Å². The molecular weight excluding hydrogens is 250 g/mol. The van der Waals surface area contributed by atoms with Gasteiger partial charge in [0, 0.05) is 12.1 Å². The summed E-state index contributed by atoms with van der Waals surface area (Å²) in [5, 5.41) is 3.56. The minimum absolute atomic E-state index is 0.0954. The molecule has 0 saturated heterocycles. The maximum atomic E-state index is 12.0. The Morgan fingerprint density at radius 1 is 1.40 bits per heavy atom. The Hall–Kier alpha value is -1.61. The van der Waals surface area contributed by atoms with E-state index in [1.807, 2.05) is 31.2 Å². The van der Waals surface area contributed by atoms with Crippen molar-refractivity contribution in [3.05, 3.63) is 47.5 Å². The van der Waals surface area contributed by atoms with Crippen LogP contribution in [0.25, 0.3) is 0 Å². The van der Waals surface area contributed by atoms with Crippen LogP contribution in [0.5, 0.6) is 0 Å². The molecule has 2 rings (SSSR count). The molecule has 1 N–H and O–H groups in total. The lowest BCUT2D eigenvalue weighted by molar-refractivity contribution is -0.139. The van der Waals surface area contributed by atoms with E-state index >= 15 is 0 Å². The van der Waals surface area contributed by atoms with E-state index in [9.17, 15) is 4.79 Å². The number of ether oxygens (including phenoxy) is 1. The van der Waals surface area contributed by atoms with Crippen LogP contribution in [0.1, 0.15) is 44.7 Å². The summed E-state index contributed by atoms with van der Waals surface area (Å²) >= 11 is 0. The maximum Gasteiger partial charge on any atom is 0.335 e. The normalized spacial score (nSPS) is 20.1. The molecule has 1 aliphatic carbocycles. The molecule has 1 aromatic carbocycles. The first-order chi connectivity index (χ1) is 9.72. The molecule has 3 heteroatoms. The van der Waals surface area contributed by atoms with Crippen LogP contribution >= 0.6 is 0 Å². The van der Waals surface area contributed by atoms with Crippen LogP contribution < -0.4 is 5.32 Å². The summed E-state index contributed by atoms with van der Waals surface area (Å²) in [6.07, 6.45) is 5.09. The van der Waals surface area contributed by atoms with Gasteiger partial charge in [-0.05, 0) is 38.7 Å². The Morgan fingerprint density at radius 2 is 2.15 bits per heavy atom. The van der Waals surface area contributed by atoms with E-state index in [1.54, 1.807) is 0 Å². The van der Waals surface area contributed by atoms with Gasteiger partial charge >= 0.3 is 5.97 Å². The van der Waals surface area contributed by atoms with Gasteiger partial charge in [0.25, 0.3) is 0 Å². The minimum Gasteiger partial charge on any atom is -0.463 e. The molecular formula is C17H23NO2. The van der Waals surface area contributed by atoms with E-state index in [2.05, 4.69) is 24.4 Å². The molecule has 0 aliphatic heterocycles. The Labute approximate surface area is 121 Å². The topological polar surface area (TPSA) is 38.3 Å². The third kappa shape index (κ3) is 3.70. The highest BCUT2D eigenvalue weighted by molar-refractivity contribution is 5.90. The summed E-state index contributed by atoms with van der Waals surface area (Å²) in [4.78, 5) is 12.0. The van der Waals surface area contributed by atoms with E-state index in [1.165, 1.54) is 5.56 Å². The first kappa shape index (κ1) is 14.8. The van der Waals surface area contributed by atoms with Crippen molar-refractivity contribution in [3.63, 3.8) is 0 Å². The van der Waals surface area contributed by atoms with Crippen molar-refractivity contribution in [1.82, 2.24) is 5.32 Å². The molecule has 0 heterocycles. The molecule has 20 heavy (non-hydrogen) atoms. The fraction of sp³-hybridized carbons (Fsp3) is 0.471. The second-order valence-corrected chi connectivity index (χ2v) is 5.16. The number of benzene rings is 1. The molecule has 0 radical (unpaired) electrons. The Balaban J connectivity index is 2.05. The van der Waals surface area contributed by atoms with Gasteiger partial charge in [0.15, 0.2) is 0 Å². The Morgan fingerprint density at radius 3 is 2.85 bits per heavy atom. The number of carbonyl (C=O) groups excluding carboxylic acids is 1. The molecule has 1 aromatic rings. The molecule has 1 aliphatic rings. The highest BCUT2D eigenvalue weighted by atomic mass is 16.5. The molecule has 0 saturated carbocycles. The van der Waals surface area contributed by atoms with E-state index in [-0.39, 0.29) is 18.1 Å². The van der Waals surface area contributed by atoms with Gasteiger partial charge < -0.3 is 10.1 Å². The van der Waals surface area contributed by atoms with Crippen molar-refractivity contribution in [3.8, 4) is 0 Å². The number of carbonyl (C=O) groups is 1. The van der Waals surface area contributed by atoms with Crippen LogP contribution in [0.2, 0.25) is 0 Å². The van der Waals surface area contributed by atoms with Crippen LogP contribution in [0.3, 0.4) is 0 Å². The number of hydrogen-bond donors (Lipinski definition) is 1. The first-order valence-corrected chi connectivity index (χ1v) is 7.40. The number of hydrogen-bond acceptors (Lipinski definition) is 3. The molecule has 0 unspecified atom stereocenters. The monoisotopic (exact) mass is 273 g/mol. The fourth-order valence-corrected chi connectivity index (χ4v) is 2.63. The fourth-order valence-electron chi connectivity index (χ4n) is 2.63. The Bertz CT molecular complexity index is 467. The van der Waals surface area contributed by atoms with Crippen LogP contribution in [0.4, 0.5) is 0 Å². The summed E-state index contributed by atoms with van der Waals surface area (Å²) in [6, 6.07) is 10.6. The second-order valence-electron chi connectivity index (χ2n) is 5.16. The third-order valence-electron chi connectivity index (χ3n) is 3.70. The zero-order valence-corrected chi connectivity index (χ0v) is 12.3. The zero-order valence-electron chi connectivity index (χ0n) is 12.3. The molecule has 0 bridgehead atoms. The molecule has 0 fully saturated rings. The SMILES string of the molecule is CCOC(=O)C1=CCCC[C@H]1N[C@H](C)c1ccccc1. The predicted octanol–water partition coefficient (Wildman–Crippen LogP) is 3.38. The standard InChI is InChI=1S/C17H23NO2/c1-3-20-17(19)15-11-7-8-12-16(15)18-13(2)14-9-5-4-6-10-14/h4-6,9-11,13,16,18H,3,7-8,12H2,1-2H3/t13-,16-/m1/s1. The lowest BCUT2D eigenvalue weighted by Crippen LogP contribution is -2.37. The molecule has 0 amide bonds. The summed E-state index contributed by atoms with van der Waals surface area (Å²) in [7, 11) is 0. The molecule has 2 atom stereocenters. The zero-order chi connectivity index (χ0) is 14.4. The van der Waals surface area contributed by atoms with Gasteiger partial charge in [-0.1, -0.05) is 36.4 Å². The van der Waals surface area contributed by atoms with E-state index in [0.717, 1.165) is 24.8 Å². The van der Waals surface area contributed by atoms with E-state index < -0.39 is 0 Å². The quantitative estimate of drug-likeness (QED) is 0.836. The van der Waals surface area contributed by atoms with Gasteiger partial charge in [0.1, 0.15) is 0 Å². The second kappa shape index (κ2) is 7.25. The number of rotatable bonds is 5. The van der Waals surface area contributed by atoms with Crippen LogP contribution in [0, 0.1) is 0 Å². The summed E-state index contributed by atoms with van der Waals surface area (Å²) < 4.78 is 5.15. The number of allylic oxidation sites excluding steroid dienone is 1. The van der Waals surface area contributed by atoms with Crippen molar-refractivity contribution >= 4 is 5.97 Å². The molecule has 3 nitrogen and oxygen atoms in total. The van der Waals surface area contributed by atoms with Crippen molar-refractivity contribution in [2.24, 2.45) is 0 Å². The van der Waals surface area contributed by atoms with E-state index in [4.69, 9.17) is 4.74 Å². The van der Waals surface area contributed by atoms with Crippen molar-refractivity contribution in [2.75, 3.05) is 6.61 Å². The van der Waals surface area contributed by atoms with Crippen LogP contribution in [-0.2, 0) is 9.53 Å². The molecule has 0 aromatic heterocycles. The van der Waals surface area contributed by atoms with Crippen molar-refractivity contribution < 1.29 is 9.53 Å². The van der Waals surface area contributed by atoms with Crippen molar-refractivity contribution in [1.29, 1.82) is 0 Å². The lowest BCUT2D eigenvalue weighted by atomic mass is 9.92. The average Bonchev–Trinajstić information content (AvgIpc) is 2.49. The van der Waals surface area contributed by atoms with E-state index in [0.29, 0.717) is 6.61 Å². The Kier molecular flexibility index (Phi) is 5.36. The third-order valence-corrected chi connectivity index (χ3v) is 3.70. The average molecular weight is 273 g/mol. The highest BCUT2D eigenvalue weighted by Crippen LogP contribution is 2.23. The van der Waals surface area contributed by atoms with Crippen LogP contribution in [-0.4, -0.2) is 18.6 Å². The summed E-state index contributed by atoms with van der Waals surface area (Å²) in [5.41, 5.74) is 2.03. The van der Waals surface area contributed by atoms with Gasteiger partial charge in [0.2, 0.25) is 0 Å². The number of nitrogens with one attached hydrogen (secondary N) is 1. The van der Waals surface area contributed by atoms with Crippen molar-refractivity contribution in [2.45, 2.75) is 45.2 Å². The lowest BCUT2D eigenvalue weighted by Gasteiger charge is -2.27. The first-order valence-electron chi connectivity index (χ1n) is 7.40. The van der Waals surface area contributed by atoms with Gasteiger partial charge in [-0.2, -0.15) is 0 Å². The maximum absolute atomic E-state index is 12.0. The minimum atomic E-state index is -0.176. The molecule has 108 valence electrons. The molecule has 0 spiro atoms. The number of esters is 1. The van der Waals surface area contributed by atoms with Gasteiger partial charge in [-0.15, -0.1) is 0 Å². The highest BCUT2D eigenvalue weighted by Gasteiger charge is 2.25. The summed E-state index contributed by atoms with van der Waals surface area (Å²) in [5.74, 6) is -0.176. The summed E-state index contributed by atoms with van der Waals surface area (Å²) in [6.45, 7) is 4.40.